The third-order valence-electron chi connectivity index (χ3n) is 4.40. The number of halogens is 1. The molecule has 8 heteroatoms. The summed E-state index contributed by atoms with van der Waals surface area (Å²) >= 11 is 1.40. The van der Waals surface area contributed by atoms with Gasteiger partial charge >= 0.3 is 0 Å². The standard InChI is InChI=1S/C20H24FN5OS/c1-12(2)25(13(3)4)20(27)14(5)28-19-17-10-24-26(18(17)22-11-23-19)16-8-6-15(21)7-9-16/h6-14H,1-5H3. The summed E-state index contributed by atoms with van der Waals surface area (Å²) in [5.41, 5.74) is 1.33. The van der Waals surface area contributed by atoms with E-state index >= 15 is 0 Å². The maximum atomic E-state index is 13.2. The molecule has 3 aromatic rings. The van der Waals surface area contributed by atoms with Crippen LogP contribution in [0.5, 0.6) is 0 Å². The van der Waals surface area contributed by atoms with Crippen molar-refractivity contribution in [3.8, 4) is 5.69 Å². The molecule has 1 atom stereocenters. The summed E-state index contributed by atoms with van der Waals surface area (Å²) in [5, 5.41) is 5.55. The zero-order valence-corrected chi connectivity index (χ0v) is 17.4. The Morgan fingerprint density at radius 1 is 1.07 bits per heavy atom. The molecule has 3 rings (SSSR count). The predicted molar refractivity (Wildman–Crippen MR) is 109 cm³/mol. The molecule has 0 saturated carbocycles. The average Bonchev–Trinajstić information content (AvgIpc) is 3.07. The van der Waals surface area contributed by atoms with Crippen LogP contribution in [0.25, 0.3) is 16.7 Å². The molecule has 0 aliphatic carbocycles. The third kappa shape index (κ3) is 4.01. The SMILES string of the molecule is CC(Sc1ncnc2c1cnn2-c1ccc(F)cc1)C(=O)N(C(C)C)C(C)C. The molecule has 0 bridgehead atoms. The van der Waals surface area contributed by atoms with Gasteiger partial charge in [0.2, 0.25) is 5.91 Å². The molecule has 1 amide bonds. The fourth-order valence-electron chi connectivity index (χ4n) is 3.22. The number of hydrogen-bond acceptors (Lipinski definition) is 5. The highest BCUT2D eigenvalue weighted by Gasteiger charge is 2.27. The number of aromatic nitrogens is 4. The van der Waals surface area contributed by atoms with Crippen LogP contribution in [0.4, 0.5) is 4.39 Å². The third-order valence-corrected chi connectivity index (χ3v) is 5.51. The summed E-state index contributed by atoms with van der Waals surface area (Å²) < 4.78 is 14.8. The second-order valence-corrected chi connectivity index (χ2v) is 8.47. The summed E-state index contributed by atoms with van der Waals surface area (Å²) in [5.74, 6) is -0.231. The van der Waals surface area contributed by atoms with E-state index in [0.717, 1.165) is 5.39 Å². The van der Waals surface area contributed by atoms with Crippen molar-refractivity contribution >= 4 is 28.7 Å². The second kappa shape index (κ2) is 8.26. The highest BCUT2D eigenvalue weighted by molar-refractivity contribution is 8.00. The van der Waals surface area contributed by atoms with E-state index in [4.69, 9.17) is 0 Å². The van der Waals surface area contributed by atoms with E-state index in [0.29, 0.717) is 16.4 Å². The van der Waals surface area contributed by atoms with Gasteiger partial charge in [0.25, 0.3) is 0 Å². The van der Waals surface area contributed by atoms with Gasteiger partial charge in [-0.3, -0.25) is 4.79 Å². The lowest BCUT2D eigenvalue weighted by atomic mass is 10.2. The Hall–Kier alpha value is -2.48. The van der Waals surface area contributed by atoms with Gasteiger partial charge in [-0.05, 0) is 58.9 Å². The van der Waals surface area contributed by atoms with Crippen molar-refractivity contribution in [2.45, 2.75) is 57.0 Å². The molecule has 6 nitrogen and oxygen atoms in total. The molecule has 0 spiro atoms. The normalized spacial score (nSPS) is 12.7. The van der Waals surface area contributed by atoms with Crippen LogP contribution < -0.4 is 0 Å². The number of hydrogen-bond donors (Lipinski definition) is 0. The Balaban J connectivity index is 1.90. The molecule has 0 aliphatic heterocycles. The van der Waals surface area contributed by atoms with Crippen molar-refractivity contribution < 1.29 is 9.18 Å². The van der Waals surface area contributed by atoms with Crippen molar-refractivity contribution in [1.82, 2.24) is 24.6 Å². The number of benzene rings is 1. The quantitative estimate of drug-likeness (QED) is 0.460. The Labute approximate surface area is 168 Å². The molecule has 0 aliphatic rings. The molecular weight excluding hydrogens is 377 g/mol. The van der Waals surface area contributed by atoms with Crippen molar-refractivity contribution in [3.05, 3.63) is 42.6 Å². The molecule has 28 heavy (non-hydrogen) atoms. The fourth-order valence-corrected chi connectivity index (χ4v) is 4.16. The van der Waals surface area contributed by atoms with E-state index in [1.807, 2.05) is 39.5 Å². The maximum absolute atomic E-state index is 13.2. The fraction of sp³-hybridized carbons (Fsp3) is 0.400. The monoisotopic (exact) mass is 401 g/mol. The number of carbonyl (C=O) groups excluding carboxylic acids is 1. The van der Waals surface area contributed by atoms with Crippen LogP contribution in [0.15, 0.2) is 41.8 Å². The van der Waals surface area contributed by atoms with Crippen LogP contribution >= 0.6 is 11.8 Å². The number of amides is 1. The van der Waals surface area contributed by atoms with E-state index in [1.54, 1.807) is 23.0 Å². The lowest BCUT2D eigenvalue weighted by Crippen LogP contribution is -2.45. The molecule has 1 unspecified atom stereocenters. The minimum Gasteiger partial charge on any atom is -0.337 e. The van der Waals surface area contributed by atoms with Gasteiger partial charge in [0.05, 0.1) is 22.5 Å². The zero-order valence-electron chi connectivity index (χ0n) is 16.6. The number of rotatable bonds is 6. The number of fused-ring (bicyclic) bond motifs is 1. The average molecular weight is 402 g/mol. The lowest BCUT2D eigenvalue weighted by molar-refractivity contribution is -0.133. The van der Waals surface area contributed by atoms with Gasteiger partial charge < -0.3 is 4.90 Å². The number of thioether (sulfide) groups is 1. The molecular formula is C20H24FN5OS. The molecule has 0 fully saturated rings. The van der Waals surface area contributed by atoms with Crippen LogP contribution in [0.2, 0.25) is 0 Å². The van der Waals surface area contributed by atoms with Gasteiger partial charge in [-0.25, -0.2) is 19.0 Å². The van der Waals surface area contributed by atoms with E-state index < -0.39 is 0 Å². The van der Waals surface area contributed by atoms with Gasteiger partial charge in [0.15, 0.2) is 5.65 Å². The summed E-state index contributed by atoms with van der Waals surface area (Å²) in [4.78, 5) is 23.5. The first-order chi connectivity index (χ1) is 13.3. The van der Waals surface area contributed by atoms with E-state index in [-0.39, 0.29) is 29.1 Å². The Morgan fingerprint density at radius 2 is 1.71 bits per heavy atom. The van der Waals surface area contributed by atoms with Gasteiger partial charge in [-0.1, -0.05) is 11.8 Å². The molecule has 2 aromatic heterocycles. The van der Waals surface area contributed by atoms with Crippen LogP contribution in [-0.2, 0) is 4.79 Å². The minimum absolute atomic E-state index is 0.0766. The van der Waals surface area contributed by atoms with Crippen molar-refractivity contribution in [2.24, 2.45) is 0 Å². The first-order valence-corrected chi connectivity index (χ1v) is 10.1. The van der Waals surface area contributed by atoms with E-state index in [9.17, 15) is 9.18 Å². The first-order valence-electron chi connectivity index (χ1n) is 9.23. The van der Waals surface area contributed by atoms with Crippen molar-refractivity contribution in [1.29, 1.82) is 0 Å². The highest BCUT2D eigenvalue weighted by Crippen LogP contribution is 2.30. The van der Waals surface area contributed by atoms with E-state index in [2.05, 4.69) is 15.1 Å². The van der Waals surface area contributed by atoms with Crippen LogP contribution in [0.1, 0.15) is 34.6 Å². The molecule has 0 radical (unpaired) electrons. The second-order valence-electron chi connectivity index (χ2n) is 7.14. The Bertz CT molecular complexity index is 962. The molecule has 148 valence electrons. The molecule has 1 aromatic carbocycles. The zero-order chi connectivity index (χ0) is 20.4. The Morgan fingerprint density at radius 3 is 2.32 bits per heavy atom. The summed E-state index contributed by atoms with van der Waals surface area (Å²) in [6.45, 7) is 9.97. The number of nitrogens with zero attached hydrogens (tertiary/aromatic N) is 5. The van der Waals surface area contributed by atoms with E-state index in [1.165, 1.54) is 30.2 Å². The van der Waals surface area contributed by atoms with Crippen molar-refractivity contribution in [3.63, 3.8) is 0 Å². The van der Waals surface area contributed by atoms with Crippen LogP contribution in [-0.4, -0.2) is 47.9 Å². The van der Waals surface area contributed by atoms with Gasteiger partial charge in [0.1, 0.15) is 17.2 Å². The van der Waals surface area contributed by atoms with Gasteiger partial charge in [0, 0.05) is 12.1 Å². The molecule has 2 heterocycles. The smallest absolute Gasteiger partial charge is 0.236 e. The summed E-state index contributed by atoms with van der Waals surface area (Å²) in [7, 11) is 0. The largest absolute Gasteiger partial charge is 0.337 e. The topological polar surface area (TPSA) is 63.9 Å². The van der Waals surface area contributed by atoms with Crippen LogP contribution in [0.3, 0.4) is 0 Å². The highest BCUT2D eigenvalue weighted by atomic mass is 32.2. The summed E-state index contributed by atoms with van der Waals surface area (Å²) in [6.07, 6.45) is 3.15. The van der Waals surface area contributed by atoms with Gasteiger partial charge in [-0.2, -0.15) is 5.10 Å². The molecule has 0 saturated heterocycles. The first kappa shape index (κ1) is 20.3. The summed E-state index contributed by atoms with van der Waals surface area (Å²) in [6, 6.07) is 6.31. The van der Waals surface area contributed by atoms with Gasteiger partial charge in [-0.15, -0.1) is 0 Å². The van der Waals surface area contributed by atoms with Crippen LogP contribution in [0, 0.1) is 5.82 Å². The predicted octanol–water partition coefficient (Wildman–Crippen LogP) is 4.08. The minimum atomic E-state index is -0.307. The van der Waals surface area contributed by atoms with Crippen molar-refractivity contribution in [2.75, 3.05) is 0 Å². The maximum Gasteiger partial charge on any atom is 0.236 e. The number of carbonyl (C=O) groups is 1. The molecule has 0 N–H and O–H groups in total. The Kier molecular flexibility index (Phi) is 5.98. The lowest BCUT2D eigenvalue weighted by Gasteiger charge is -2.32.